The van der Waals surface area contributed by atoms with Crippen LogP contribution in [0.5, 0.6) is 0 Å². The average Bonchev–Trinajstić information content (AvgIpc) is 2.76. The third-order valence-corrected chi connectivity index (χ3v) is 3.79. The molecule has 0 amide bonds. The highest BCUT2D eigenvalue weighted by Gasteiger charge is 2.15. The van der Waals surface area contributed by atoms with Crippen molar-refractivity contribution in [3.8, 4) is 0 Å². The smallest absolute Gasteiger partial charge is 0.230 e. The summed E-state index contributed by atoms with van der Waals surface area (Å²) in [6.45, 7) is 4.91. The van der Waals surface area contributed by atoms with Gasteiger partial charge in [-0.25, -0.2) is 0 Å². The van der Waals surface area contributed by atoms with Crippen LogP contribution in [0.3, 0.4) is 0 Å². The first kappa shape index (κ1) is 16.7. The van der Waals surface area contributed by atoms with Crippen LogP contribution in [0.25, 0.3) is 0 Å². The van der Waals surface area contributed by atoms with E-state index < -0.39 is 0 Å². The Kier molecular flexibility index (Phi) is 5.05. The van der Waals surface area contributed by atoms with Gasteiger partial charge in [-0.15, -0.1) is 0 Å². The lowest BCUT2D eigenvalue weighted by atomic mass is 10.2. The van der Waals surface area contributed by atoms with Crippen LogP contribution in [-0.4, -0.2) is 40.7 Å². The van der Waals surface area contributed by atoms with Crippen molar-refractivity contribution in [1.29, 1.82) is 0 Å². The fourth-order valence-corrected chi connectivity index (χ4v) is 2.61. The fourth-order valence-electron chi connectivity index (χ4n) is 2.04. The minimum absolute atomic E-state index is 0.262. The summed E-state index contributed by atoms with van der Waals surface area (Å²) in [4.78, 5) is 17.6. The number of aryl methyl sites for hydroxylation is 1. The number of rotatable bonds is 5. The number of nitrogens with zero attached hydrogens (tertiary/aromatic N) is 6. The highest BCUT2D eigenvalue weighted by atomic mass is 79.9. The van der Waals surface area contributed by atoms with Gasteiger partial charge in [0.2, 0.25) is 11.9 Å². The molecule has 0 aromatic carbocycles. The maximum Gasteiger partial charge on any atom is 0.230 e. The van der Waals surface area contributed by atoms with Crippen molar-refractivity contribution in [3.05, 3.63) is 28.3 Å². The molecule has 0 aliphatic rings. The lowest BCUT2D eigenvalue weighted by Crippen LogP contribution is -2.24. The molecule has 0 spiro atoms. The third-order valence-electron chi connectivity index (χ3n) is 3.36. The summed E-state index contributed by atoms with van der Waals surface area (Å²) in [6.07, 6.45) is 2.04. The van der Waals surface area contributed by atoms with Crippen LogP contribution >= 0.6 is 15.9 Å². The quantitative estimate of drug-likeness (QED) is 0.814. The predicted octanol–water partition coefficient (Wildman–Crippen LogP) is 2.80. The van der Waals surface area contributed by atoms with E-state index in [2.05, 4.69) is 55.4 Å². The lowest BCUT2D eigenvalue weighted by Gasteiger charge is -2.20. The zero-order valence-electron chi connectivity index (χ0n) is 14.0. The van der Waals surface area contributed by atoms with Crippen LogP contribution in [0.15, 0.2) is 16.7 Å². The van der Waals surface area contributed by atoms with Gasteiger partial charge in [-0.1, -0.05) is 13.8 Å². The van der Waals surface area contributed by atoms with E-state index in [-0.39, 0.29) is 5.92 Å². The molecule has 0 unspecified atom stereocenters. The Morgan fingerprint density at radius 1 is 1.14 bits per heavy atom. The van der Waals surface area contributed by atoms with Crippen molar-refractivity contribution in [1.82, 2.24) is 19.5 Å². The topological polar surface area (TPSA) is 50.1 Å². The molecule has 0 N–H and O–H groups in total. The Hall–Kier alpha value is -1.63. The molecule has 0 aliphatic carbocycles. The van der Waals surface area contributed by atoms with Gasteiger partial charge in [0.25, 0.3) is 0 Å². The molecule has 0 saturated carbocycles. The van der Waals surface area contributed by atoms with Crippen LogP contribution in [0.4, 0.5) is 11.9 Å². The standard InChI is InChI=1S/C15H23BrN6/c1-10(2)13-17-14(20(3)4)19-15(18-13)22(6)9-12-7-11(16)8-21(12)5/h7-8,10H,9H2,1-6H3. The van der Waals surface area contributed by atoms with E-state index in [0.717, 1.165) is 16.8 Å². The summed E-state index contributed by atoms with van der Waals surface area (Å²) in [5, 5.41) is 0. The monoisotopic (exact) mass is 366 g/mol. The number of aromatic nitrogens is 4. The minimum atomic E-state index is 0.262. The second-order valence-electron chi connectivity index (χ2n) is 5.96. The van der Waals surface area contributed by atoms with E-state index >= 15 is 0 Å². The van der Waals surface area contributed by atoms with Crippen molar-refractivity contribution in [2.24, 2.45) is 7.05 Å². The Morgan fingerprint density at radius 2 is 1.77 bits per heavy atom. The molecule has 0 fully saturated rings. The van der Waals surface area contributed by atoms with Crippen LogP contribution in [0.1, 0.15) is 31.3 Å². The van der Waals surface area contributed by atoms with E-state index in [9.17, 15) is 0 Å². The number of halogens is 1. The fraction of sp³-hybridized carbons (Fsp3) is 0.533. The Morgan fingerprint density at radius 3 is 2.27 bits per heavy atom. The van der Waals surface area contributed by atoms with Gasteiger partial charge in [-0.05, 0) is 22.0 Å². The molecule has 0 radical (unpaired) electrons. The van der Waals surface area contributed by atoms with Crippen molar-refractivity contribution in [2.75, 3.05) is 30.9 Å². The van der Waals surface area contributed by atoms with Crippen molar-refractivity contribution in [3.63, 3.8) is 0 Å². The first-order valence-electron chi connectivity index (χ1n) is 7.23. The van der Waals surface area contributed by atoms with Crippen LogP contribution < -0.4 is 9.80 Å². The van der Waals surface area contributed by atoms with Gasteiger partial charge in [-0.2, -0.15) is 15.0 Å². The number of hydrogen-bond donors (Lipinski definition) is 0. The first-order chi connectivity index (χ1) is 10.3. The Bertz CT molecular complexity index is 623. The van der Waals surface area contributed by atoms with Gasteiger partial charge in [0.05, 0.1) is 6.54 Å². The second kappa shape index (κ2) is 6.64. The minimum Gasteiger partial charge on any atom is -0.352 e. The molecule has 120 valence electrons. The molecule has 2 rings (SSSR count). The van der Waals surface area contributed by atoms with E-state index in [0.29, 0.717) is 11.9 Å². The molecule has 6 nitrogen and oxygen atoms in total. The van der Waals surface area contributed by atoms with Crippen molar-refractivity contribution >= 4 is 27.8 Å². The highest BCUT2D eigenvalue weighted by molar-refractivity contribution is 9.10. The average molecular weight is 367 g/mol. The number of anilines is 2. The molecule has 22 heavy (non-hydrogen) atoms. The van der Waals surface area contributed by atoms with Gasteiger partial charge >= 0.3 is 0 Å². The third kappa shape index (κ3) is 3.76. The Labute approximate surface area is 140 Å². The van der Waals surface area contributed by atoms with Crippen LogP contribution in [-0.2, 0) is 13.6 Å². The van der Waals surface area contributed by atoms with Crippen LogP contribution in [0.2, 0.25) is 0 Å². The van der Waals surface area contributed by atoms with Crippen molar-refractivity contribution < 1.29 is 0 Å². The van der Waals surface area contributed by atoms with E-state index in [1.54, 1.807) is 0 Å². The summed E-state index contributed by atoms with van der Waals surface area (Å²) in [5.41, 5.74) is 1.19. The predicted molar refractivity (Wildman–Crippen MR) is 93.5 cm³/mol. The van der Waals surface area contributed by atoms with Gasteiger partial charge in [0.15, 0.2) is 0 Å². The van der Waals surface area contributed by atoms with E-state index in [1.807, 2.05) is 44.2 Å². The Balaban J connectivity index is 2.31. The molecule has 2 heterocycles. The number of hydrogen-bond acceptors (Lipinski definition) is 5. The van der Waals surface area contributed by atoms with Gasteiger partial charge in [-0.3, -0.25) is 0 Å². The summed E-state index contributed by atoms with van der Waals surface area (Å²) < 4.78 is 3.17. The van der Waals surface area contributed by atoms with Gasteiger partial charge < -0.3 is 14.4 Å². The molecular weight excluding hydrogens is 344 g/mol. The van der Waals surface area contributed by atoms with E-state index in [1.165, 1.54) is 5.69 Å². The SMILES string of the molecule is CC(C)c1nc(N(C)C)nc(N(C)Cc2cc(Br)cn2C)n1. The molecule has 2 aromatic heterocycles. The highest BCUT2D eigenvalue weighted by Crippen LogP contribution is 2.20. The summed E-state index contributed by atoms with van der Waals surface area (Å²) in [6, 6.07) is 2.11. The maximum absolute atomic E-state index is 4.60. The largest absolute Gasteiger partial charge is 0.352 e. The molecule has 2 aromatic rings. The van der Waals surface area contributed by atoms with Crippen molar-refractivity contribution in [2.45, 2.75) is 26.3 Å². The molecule has 0 aliphatic heterocycles. The summed E-state index contributed by atoms with van der Waals surface area (Å²) >= 11 is 3.50. The maximum atomic E-state index is 4.60. The van der Waals surface area contributed by atoms with Crippen LogP contribution in [0, 0.1) is 0 Å². The second-order valence-corrected chi connectivity index (χ2v) is 6.88. The zero-order chi connectivity index (χ0) is 16.4. The molecule has 0 bridgehead atoms. The summed E-state index contributed by atoms with van der Waals surface area (Å²) in [7, 11) is 7.92. The van der Waals surface area contributed by atoms with E-state index in [4.69, 9.17) is 0 Å². The first-order valence-corrected chi connectivity index (χ1v) is 8.02. The van der Waals surface area contributed by atoms with Gasteiger partial charge in [0, 0.05) is 50.5 Å². The summed E-state index contributed by atoms with van der Waals surface area (Å²) in [5.74, 6) is 2.46. The molecule has 0 atom stereocenters. The zero-order valence-corrected chi connectivity index (χ0v) is 15.6. The normalized spacial score (nSPS) is 11.1. The molecule has 7 heteroatoms. The van der Waals surface area contributed by atoms with Gasteiger partial charge in [0.1, 0.15) is 5.82 Å². The molecular formula is C15H23BrN6. The molecule has 0 saturated heterocycles. The lowest BCUT2D eigenvalue weighted by molar-refractivity contribution is 0.723.